The summed E-state index contributed by atoms with van der Waals surface area (Å²) in [5.74, 6) is 0.947. The summed E-state index contributed by atoms with van der Waals surface area (Å²) in [6.07, 6.45) is 1.69. The number of amides is 3. The molecule has 0 aromatic heterocycles. The first-order chi connectivity index (χ1) is 9.56. The minimum Gasteiger partial charge on any atom is -0.269 e. The molecule has 20 heavy (non-hydrogen) atoms. The molecule has 0 aromatic carbocycles. The Morgan fingerprint density at radius 3 is 2.65 bits per heavy atom. The van der Waals surface area contributed by atoms with Crippen LogP contribution < -0.4 is 0 Å². The standard InChI is InChI=1S/C13H18N5O2/c1-4-6-9-15-11-10(17(9)5-2)12(19)18(8-7-14)13(20)16(11)3/h10H,4-6,8H2,1-3H3/q+1. The molecule has 2 aliphatic rings. The normalized spacial score (nSPS) is 22.1. The van der Waals surface area contributed by atoms with Crippen molar-refractivity contribution in [2.45, 2.75) is 32.7 Å². The van der Waals surface area contributed by atoms with Crippen LogP contribution in [0.15, 0.2) is 4.99 Å². The Labute approximate surface area is 117 Å². The highest BCUT2D eigenvalue weighted by molar-refractivity contribution is 6.23. The van der Waals surface area contributed by atoms with Gasteiger partial charge in [-0.1, -0.05) is 6.92 Å². The average molecular weight is 276 g/mol. The molecule has 7 nitrogen and oxygen atoms in total. The maximum absolute atomic E-state index is 12.5. The van der Waals surface area contributed by atoms with Crippen LogP contribution in [0.5, 0.6) is 0 Å². The summed E-state index contributed by atoms with van der Waals surface area (Å²) < 4.78 is 1.91. The van der Waals surface area contributed by atoms with E-state index < -0.39 is 12.1 Å². The fourth-order valence-corrected chi connectivity index (χ4v) is 2.57. The smallest absolute Gasteiger partial charge is 0.269 e. The van der Waals surface area contributed by atoms with E-state index in [-0.39, 0.29) is 12.5 Å². The number of amidine groups is 2. The molecule has 1 saturated heterocycles. The second-order valence-corrected chi connectivity index (χ2v) is 4.75. The van der Waals surface area contributed by atoms with Crippen LogP contribution in [0, 0.1) is 11.3 Å². The van der Waals surface area contributed by atoms with Gasteiger partial charge in [-0.3, -0.25) is 9.69 Å². The van der Waals surface area contributed by atoms with Crippen molar-refractivity contribution in [3.8, 4) is 6.07 Å². The van der Waals surface area contributed by atoms with Gasteiger partial charge in [0.25, 0.3) is 23.6 Å². The Kier molecular flexibility index (Phi) is 3.84. The Morgan fingerprint density at radius 2 is 2.10 bits per heavy atom. The topological polar surface area (TPSA) is 79.8 Å². The largest absolute Gasteiger partial charge is 0.334 e. The van der Waals surface area contributed by atoms with Gasteiger partial charge in [-0.25, -0.2) is 14.3 Å². The van der Waals surface area contributed by atoms with E-state index in [2.05, 4.69) is 4.99 Å². The van der Waals surface area contributed by atoms with Crippen molar-refractivity contribution in [1.29, 1.82) is 5.26 Å². The zero-order valence-corrected chi connectivity index (χ0v) is 12.0. The van der Waals surface area contributed by atoms with Gasteiger partial charge in [0.2, 0.25) is 0 Å². The maximum atomic E-state index is 12.5. The predicted molar refractivity (Wildman–Crippen MR) is 72.4 cm³/mol. The lowest BCUT2D eigenvalue weighted by molar-refractivity contribution is -0.533. The van der Waals surface area contributed by atoms with Crippen molar-refractivity contribution in [3.05, 3.63) is 0 Å². The molecule has 0 aromatic rings. The zero-order valence-electron chi connectivity index (χ0n) is 12.0. The summed E-state index contributed by atoms with van der Waals surface area (Å²) >= 11 is 0. The van der Waals surface area contributed by atoms with E-state index >= 15 is 0 Å². The zero-order chi connectivity index (χ0) is 14.9. The van der Waals surface area contributed by atoms with Crippen LogP contribution in [-0.4, -0.2) is 64.2 Å². The van der Waals surface area contributed by atoms with Gasteiger partial charge in [0.1, 0.15) is 6.54 Å². The van der Waals surface area contributed by atoms with Crippen molar-refractivity contribution in [1.82, 2.24) is 9.80 Å². The number of urea groups is 1. The number of nitrogens with zero attached hydrogens (tertiary/aromatic N) is 5. The lowest BCUT2D eigenvalue weighted by Crippen LogP contribution is -2.62. The summed E-state index contributed by atoms with van der Waals surface area (Å²) in [4.78, 5) is 31.4. The SMILES string of the molecule is CCCC1=[N+](CC)C2C(=O)N(CC#N)C(=O)N(C)C2=N1. The molecule has 0 saturated carbocycles. The van der Waals surface area contributed by atoms with Gasteiger partial charge < -0.3 is 0 Å². The van der Waals surface area contributed by atoms with Gasteiger partial charge in [0.05, 0.1) is 19.0 Å². The molecule has 1 fully saturated rings. The number of imide groups is 1. The van der Waals surface area contributed by atoms with E-state index in [0.29, 0.717) is 12.4 Å². The molecule has 0 aliphatic carbocycles. The molecular weight excluding hydrogens is 258 g/mol. The van der Waals surface area contributed by atoms with Gasteiger partial charge in [0.15, 0.2) is 0 Å². The minimum absolute atomic E-state index is 0.230. The lowest BCUT2D eigenvalue weighted by atomic mass is 10.1. The molecule has 0 N–H and O–H groups in total. The highest BCUT2D eigenvalue weighted by atomic mass is 16.2. The van der Waals surface area contributed by atoms with Crippen molar-refractivity contribution in [2.75, 3.05) is 20.1 Å². The van der Waals surface area contributed by atoms with Crippen molar-refractivity contribution in [2.24, 2.45) is 4.99 Å². The second kappa shape index (κ2) is 5.41. The Balaban J connectivity index is 2.44. The molecule has 106 valence electrons. The van der Waals surface area contributed by atoms with Crippen LogP contribution in [0.4, 0.5) is 4.79 Å². The number of likely N-dealkylation sites (N-methyl/N-ethyl adjacent to an activating group) is 2. The maximum Gasteiger partial charge on any atom is 0.334 e. The van der Waals surface area contributed by atoms with Gasteiger partial charge >= 0.3 is 6.03 Å². The fourth-order valence-electron chi connectivity index (χ4n) is 2.57. The summed E-state index contributed by atoms with van der Waals surface area (Å²) in [7, 11) is 1.59. The Bertz CT molecular complexity index is 558. The van der Waals surface area contributed by atoms with Crippen LogP contribution in [0.3, 0.4) is 0 Å². The number of fused-ring (bicyclic) bond motifs is 1. The van der Waals surface area contributed by atoms with E-state index in [1.54, 1.807) is 7.05 Å². The summed E-state index contributed by atoms with van der Waals surface area (Å²) in [5, 5.41) is 8.78. The Morgan fingerprint density at radius 1 is 1.40 bits per heavy atom. The van der Waals surface area contributed by atoms with Gasteiger partial charge in [0, 0.05) is 7.05 Å². The van der Waals surface area contributed by atoms with Crippen molar-refractivity contribution >= 4 is 23.6 Å². The van der Waals surface area contributed by atoms with E-state index in [1.807, 2.05) is 24.5 Å². The van der Waals surface area contributed by atoms with Gasteiger partial charge in [-0.15, -0.1) is 0 Å². The minimum atomic E-state index is -0.572. The molecule has 7 heteroatoms. The molecule has 0 spiro atoms. The third-order valence-electron chi connectivity index (χ3n) is 3.54. The molecular formula is C13H18N5O2+. The highest BCUT2D eigenvalue weighted by Gasteiger charge is 2.53. The first-order valence-electron chi connectivity index (χ1n) is 6.73. The third kappa shape index (κ3) is 1.97. The summed E-state index contributed by atoms with van der Waals surface area (Å²) in [5.41, 5.74) is 0. The van der Waals surface area contributed by atoms with Gasteiger partial charge in [-0.2, -0.15) is 5.26 Å². The van der Waals surface area contributed by atoms with E-state index in [4.69, 9.17) is 5.26 Å². The van der Waals surface area contributed by atoms with Crippen LogP contribution in [-0.2, 0) is 4.79 Å². The molecule has 1 atom stereocenters. The quantitative estimate of drug-likeness (QED) is 0.551. The van der Waals surface area contributed by atoms with Crippen LogP contribution in [0.25, 0.3) is 0 Å². The monoisotopic (exact) mass is 276 g/mol. The molecule has 2 aliphatic heterocycles. The molecule has 0 radical (unpaired) electrons. The number of hydrogen-bond acceptors (Lipinski definition) is 4. The van der Waals surface area contributed by atoms with Crippen LogP contribution >= 0.6 is 0 Å². The van der Waals surface area contributed by atoms with Crippen LogP contribution in [0.1, 0.15) is 26.7 Å². The van der Waals surface area contributed by atoms with Crippen LogP contribution in [0.2, 0.25) is 0 Å². The number of aliphatic imine (C=N–C) groups is 1. The highest BCUT2D eigenvalue weighted by Crippen LogP contribution is 2.20. The Hall–Kier alpha value is -2.23. The predicted octanol–water partition coefficient (Wildman–Crippen LogP) is 0.416. The number of nitriles is 1. The molecule has 1 unspecified atom stereocenters. The third-order valence-corrected chi connectivity index (χ3v) is 3.54. The average Bonchev–Trinajstić information content (AvgIpc) is 2.80. The first kappa shape index (κ1) is 14.2. The van der Waals surface area contributed by atoms with E-state index in [0.717, 1.165) is 23.6 Å². The second-order valence-electron chi connectivity index (χ2n) is 4.75. The molecule has 3 amide bonds. The van der Waals surface area contributed by atoms with Crippen molar-refractivity contribution < 1.29 is 14.2 Å². The molecule has 2 heterocycles. The number of hydrogen-bond donors (Lipinski definition) is 0. The van der Waals surface area contributed by atoms with E-state index in [1.165, 1.54) is 4.90 Å². The fraction of sp³-hybridized carbons (Fsp3) is 0.615. The van der Waals surface area contributed by atoms with Crippen molar-refractivity contribution in [3.63, 3.8) is 0 Å². The summed E-state index contributed by atoms with van der Waals surface area (Å²) in [6.45, 7) is 4.40. The lowest BCUT2D eigenvalue weighted by Gasteiger charge is -2.31. The van der Waals surface area contributed by atoms with E-state index in [9.17, 15) is 9.59 Å². The molecule has 2 rings (SSSR count). The van der Waals surface area contributed by atoms with Gasteiger partial charge in [-0.05, 0) is 18.3 Å². The first-order valence-corrected chi connectivity index (χ1v) is 6.73. The number of rotatable bonds is 4. The number of carbonyl (C=O) groups excluding carboxylic acids is 2. The molecule has 0 bridgehead atoms. The summed E-state index contributed by atoms with van der Waals surface area (Å²) in [6, 6.07) is 0.803. The number of carbonyl (C=O) groups is 2.